The van der Waals surface area contributed by atoms with Gasteiger partial charge >= 0.3 is 0 Å². The Morgan fingerprint density at radius 3 is 2.36 bits per heavy atom. The molecule has 0 spiro atoms. The van der Waals surface area contributed by atoms with E-state index in [2.05, 4.69) is 6.58 Å². The molecule has 1 nitrogen and oxygen atoms in total. The van der Waals surface area contributed by atoms with Crippen LogP contribution < -0.4 is 5.73 Å². The van der Waals surface area contributed by atoms with Crippen molar-refractivity contribution in [1.82, 2.24) is 0 Å². The quantitative estimate of drug-likeness (QED) is 0.714. The topological polar surface area (TPSA) is 26.0 Å². The highest BCUT2D eigenvalue weighted by atomic mass is 19.1. The molecule has 2 heteroatoms. The van der Waals surface area contributed by atoms with Gasteiger partial charge in [0.15, 0.2) is 0 Å². The summed E-state index contributed by atoms with van der Waals surface area (Å²) < 4.78 is 13.3. The Balaban J connectivity index is 3.25. The van der Waals surface area contributed by atoms with Gasteiger partial charge in [0.05, 0.1) is 0 Å². The van der Waals surface area contributed by atoms with E-state index in [0.717, 1.165) is 11.1 Å². The molecular weight excluding hydrogens is 177 g/mol. The minimum absolute atomic E-state index is 0.300. The molecule has 0 saturated heterocycles. The lowest BCUT2D eigenvalue weighted by molar-refractivity contribution is 0.623. The van der Waals surface area contributed by atoms with Crippen LogP contribution in [-0.2, 0) is 0 Å². The molecule has 0 atom stereocenters. The molecular formula is C12H14FN. The Hall–Kier alpha value is -1.57. The number of hydrogen-bond acceptors (Lipinski definition) is 1. The van der Waals surface area contributed by atoms with Gasteiger partial charge in [-0.2, -0.15) is 0 Å². The minimum atomic E-state index is -0.300. The van der Waals surface area contributed by atoms with Crippen molar-refractivity contribution < 1.29 is 4.39 Å². The average molecular weight is 191 g/mol. The second kappa shape index (κ2) is 4.09. The lowest BCUT2D eigenvalue weighted by Gasteiger charge is -2.08. The molecule has 14 heavy (non-hydrogen) atoms. The van der Waals surface area contributed by atoms with Gasteiger partial charge in [-0.25, -0.2) is 4.39 Å². The van der Waals surface area contributed by atoms with Gasteiger partial charge in [0.25, 0.3) is 0 Å². The van der Waals surface area contributed by atoms with Gasteiger partial charge in [0.2, 0.25) is 0 Å². The maximum Gasteiger partial charge on any atom is 0.132 e. The van der Waals surface area contributed by atoms with E-state index in [0.29, 0.717) is 11.3 Å². The van der Waals surface area contributed by atoms with E-state index < -0.39 is 0 Å². The summed E-state index contributed by atoms with van der Waals surface area (Å²) in [4.78, 5) is 0. The summed E-state index contributed by atoms with van der Waals surface area (Å²) in [6.45, 7) is 7.46. The molecule has 0 aliphatic heterocycles. The van der Waals surface area contributed by atoms with Crippen molar-refractivity contribution in [3.05, 3.63) is 53.4 Å². The zero-order chi connectivity index (χ0) is 10.7. The van der Waals surface area contributed by atoms with Crippen molar-refractivity contribution in [1.29, 1.82) is 0 Å². The third-order valence-electron chi connectivity index (χ3n) is 2.21. The summed E-state index contributed by atoms with van der Waals surface area (Å²) in [6, 6.07) is 6.46. The predicted molar refractivity (Wildman–Crippen MR) is 58.0 cm³/mol. The van der Waals surface area contributed by atoms with Crippen LogP contribution in [0.15, 0.2) is 42.0 Å². The molecule has 1 rings (SSSR count). The first-order chi connectivity index (χ1) is 6.54. The summed E-state index contributed by atoms with van der Waals surface area (Å²) in [5.74, 6) is -0.300. The van der Waals surface area contributed by atoms with Crippen molar-refractivity contribution in [3.8, 4) is 0 Å². The van der Waals surface area contributed by atoms with Gasteiger partial charge in [0.1, 0.15) is 5.82 Å². The van der Waals surface area contributed by atoms with Gasteiger partial charge in [-0.1, -0.05) is 24.3 Å². The van der Waals surface area contributed by atoms with Crippen LogP contribution in [0.2, 0.25) is 0 Å². The molecule has 74 valence electrons. The predicted octanol–water partition coefficient (Wildman–Crippen LogP) is 3.09. The molecule has 0 radical (unpaired) electrons. The first kappa shape index (κ1) is 10.5. The molecule has 0 aliphatic carbocycles. The highest BCUT2D eigenvalue weighted by molar-refractivity contribution is 5.69. The number of allylic oxidation sites excluding steroid dienone is 2. The van der Waals surface area contributed by atoms with Crippen LogP contribution in [0.25, 0.3) is 5.70 Å². The second-order valence-electron chi connectivity index (χ2n) is 3.30. The molecule has 1 aromatic carbocycles. The molecule has 0 fully saturated rings. The van der Waals surface area contributed by atoms with Crippen LogP contribution in [0.3, 0.4) is 0 Å². The summed E-state index contributed by atoms with van der Waals surface area (Å²) in [7, 11) is 0. The van der Waals surface area contributed by atoms with E-state index in [-0.39, 0.29) is 5.82 Å². The molecule has 0 unspecified atom stereocenters. The number of rotatable bonds is 2. The van der Waals surface area contributed by atoms with E-state index in [9.17, 15) is 4.39 Å². The zero-order valence-electron chi connectivity index (χ0n) is 8.47. The number of benzene rings is 1. The zero-order valence-corrected chi connectivity index (χ0v) is 8.47. The van der Waals surface area contributed by atoms with E-state index in [4.69, 9.17) is 5.73 Å². The van der Waals surface area contributed by atoms with Gasteiger partial charge in [-0.15, -0.1) is 0 Å². The van der Waals surface area contributed by atoms with E-state index in [1.165, 1.54) is 6.07 Å². The van der Waals surface area contributed by atoms with Crippen molar-refractivity contribution in [2.75, 3.05) is 0 Å². The second-order valence-corrected chi connectivity index (χ2v) is 3.30. The Morgan fingerprint density at radius 1 is 1.29 bits per heavy atom. The van der Waals surface area contributed by atoms with Crippen LogP contribution >= 0.6 is 0 Å². The van der Waals surface area contributed by atoms with E-state index in [1.54, 1.807) is 18.2 Å². The van der Waals surface area contributed by atoms with Crippen LogP contribution in [0.1, 0.15) is 19.4 Å². The summed E-state index contributed by atoms with van der Waals surface area (Å²) >= 11 is 0. The standard InChI is InChI=1S/C12H14FN/c1-8(2)9(3)12(14)10-6-4-5-7-11(10)13/h4-7H,1,14H2,2-3H3/b12-9-. The molecule has 0 heterocycles. The van der Waals surface area contributed by atoms with Gasteiger partial charge < -0.3 is 5.73 Å². The molecule has 0 amide bonds. The summed E-state index contributed by atoms with van der Waals surface area (Å²) in [5, 5.41) is 0. The Labute approximate surface area is 83.7 Å². The Bertz CT molecular complexity index is 391. The molecule has 0 aromatic heterocycles. The van der Waals surface area contributed by atoms with E-state index in [1.807, 2.05) is 13.8 Å². The maximum atomic E-state index is 13.3. The lowest BCUT2D eigenvalue weighted by Crippen LogP contribution is -2.02. The van der Waals surface area contributed by atoms with Crippen molar-refractivity contribution in [2.45, 2.75) is 13.8 Å². The monoisotopic (exact) mass is 191 g/mol. The summed E-state index contributed by atoms with van der Waals surface area (Å²) in [6.07, 6.45) is 0. The first-order valence-electron chi connectivity index (χ1n) is 4.41. The molecule has 0 saturated carbocycles. The largest absolute Gasteiger partial charge is 0.398 e. The number of nitrogens with two attached hydrogens (primary N) is 1. The number of hydrogen-bond donors (Lipinski definition) is 1. The van der Waals surface area contributed by atoms with Crippen molar-refractivity contribution in [2.24, 2.45) is 5.73 Å². The average Bonchev–Trinajstić information content (AvgIpc) is 2.16. The number of halogens is 1. The van der Waals surface area contributed by atoms with Gasteiger partial charge in [-0.05, 0) is 31.6 Å². The van der Waals surface area contributed by atoms with Gasteiger partial charge in [0, 0.05) is 11.3 Å². The SMILES string of the molecule is C=C(C)/C(C)=C(\N)c1ccccc1F. The summed E-state index contributed by atoms with van der Waals surface area (Å²) in [5.41, 5.74) is 8.39. The Morgan fingerprint density at radius 2 is 1.86 bits per heavy atom. The van der Waals surface area contributed by atoms with Crippen LogP contribution in [-0.4, -0.2) is 0 Å². The van der Waals surface area contributed by atoms with E-state index >= 15 is 0 Å². The smallest absolute Gasteiger partial charge is 0.132 e. The lowest BCUT2D eigenvalue weighted by atomic mass is 10.0. The molecule has 1 aromatic rings. The van der Waals surface area contributed by atoms with Crippen LogP contribution in [0, 0.1) is 5.82 Å². The van der Waals surface area contributed by atoms with Crippen molar-refractivity contribution >= 4 is 5.70 Å². The third kappa shape index (κ3) is 2.02. The van der Waals surface area contributed by atoms with Crippen molar-refractivity contribution in [3.63, 3.8) is 0 Å². The molecule has 0 aliphatic rings. The van der Waals surface area contributed by atoms with Crippen LogP contribution in [0.5, 0.6) is 0 Å². The maximum absolute atomic E-state index is 13.3. The molecule has 0 bridgehead atoms. The third-order valence-corrected chi connectivity index (χ3v) is 2.21. The fraction of sp³-hybridized carbons (Fsp3) is 0.167. The van der Waals surface area contributed by atoms with Gasteiger partial charge in [-0.3, -0.25) is 0 Å². The highest BCUT2D eigenvalue weighted by Gasteiger charge is 2.06. The molecule has 2 N–H and O–H groups in total. The normalized spacial score (nSPS) is 12.2. The Kier molecular flexibility index (Phi) is 3.07. The minimum Gasteiger partial charge on any atom is -0.398 e. The first-order valence-corrected chi connectivity index (χ1v) is 4.41. The van der Waals surface area contributed by atoms with Crippen LogP contribution in [0.4, 0.5) is 4.39 Å². The highest BCUT2D eigenvalue weighted by Crippen LogP contribution is 2.20. The fourth-order valence-corrected chi connectivity index (χ4v) is 1.11. The fourth-order valence-electron chi connectivity index (χ4n) is 1.11.